The Morgan fingerprint density at radius 2 is 1.63 bits per heavy atom. The Morgan fingerprint density at radius 3 is 2.33 bits per heavy atom. The van der Waals surface area contributed by atoms with Crippen LogP contribution in [0.25, 0.3) is 32.9 Å². The standard InChI is InChI=1S/C24H19F3N2O/c1-15-28-19(14-30-15)13-29-22-5-3-2-4-20(22)21-12-17(8-11-23(21)29)16-6-9-18(10-7-16)24(25,26)27/h2-12,19H,13-14H2,1H3/t19-/m0/s1. The summed E-state index contributed by atoms with van der Waals surface area (Å²) < 4.78 is 46.4. The Labute approximate surface area is 171 Å². The van der Waals surface area contributed by atoms with E-state index in [-0.39, 0.29) is 6.04 Å². The first kappa shape index (κ1) is 18.7. The van der Waals surface area contributed by atoms with Gasteiger partial charge in [0, 0.05) is 35.3 Å². The van der Waals surface area contributed by atoms with E-state index in [0.717, 1.165) is 45.1 Å². The van der Waals surface area contributed by atoms with E-state index < -0.39 is 11.7 Å². The van der Waals surface area contributed by atoms with Crippen molar-refractivity contribution in [2.45, 2.75) is 25.7 Å². The van der Waals surface area contributed by atoms with E-state index in [1.165, 1.54) is 12.1 Å². The highest BCUT2D eigenvalue weighted by Crippen LogP contribution is 2.35. The SMILES string of the molecule is CC1=N[C@@H](Cn2c3ccccc3c3cc(-c4ccc(C(F)(F)F)cc4)ccc32)CO1. The minimum Gasteiger partial charge on any atom is -0.479 e. The van der Waals surface area contributed by atoms with Crippen LogP contribution in [-0.2, 0) is 17.5 Å². The van der Waals surface area contributed by atoms with Crippen LogP contribution in [0, 0.1) is 0 Å². The number of para-hydroxylation sites is 1. The van der Waals surface area contributed by atoms with Gasteiger partial charge in [-0.15, -0.1) is 0 Å². The highest BCUT2D eigenvalue weighted by molar-refractivity contribution is 6.09. The molecular formula is C24H19F3N2O. The van der Waals surface area contributed by atoms with Gasteiger partial charge in [-0.3, -0.25) is 0 Å². The average molecular weight is 408 g/mol. The van der Waals surface area contributed by atoms with Gasteiger partial charge in [0.1, 0.15) is 12.6 Å². The minimum atomic E-state index is -4.33. The Kier molecular flexibility index (Phi) is 4.31. The smallest absolute Gasteiger partial charge is 0.416 e. The van der Waals surface area contributed by atoms with Crippen LogP contribution in [-0.4, -0.2) is 23.1 Å². The topological polar surface area (TPSA) is 26.5 Å². The molecule has 0 N–H and O–H groups in total. The van der Waals surface area contributed by atoms with E-state index in [1.54, 1.807) is 0 Å². The van der Waals surface area contributed by atoms with Gasteiger partial charge >= 0.3 is 6.18 Å². The number of halogens is 3. The van der Waals surface area contributed by atoms with Crippen molar-refractivity contribution < 1.29 is 17.9 Å². The van der Waals surface area contributed by atoms with Crippen molar-refractivity contribution in [2.24, 2.45) is 4.99 Å². The molecule has 0 fully saturated rings. The molecule has 1 atom stereocenters. The molecule has 152 valence electrons. The molecular weight excluding hydrogens is 389 g/mol. The summed E-state index contributed by atoms with van der Waals surface area (Å²) in [6.45, 7) is 3.15. The van der Waals surface area contributed by atoms with Crippen LogP contribution in [0.2, 0.25) is 0 Å². The molecule has 3 aromatic carbocycles. The van der Waals surface area contributed by atoms with Crippen LogP contribution >= 0.6 is 0 Å². The van der Waals surface area contributed by atoms with Crippen LogP contribution < -0.4 is 0 Å². The van der Waals surface area contributed by atoms with Crippen molar-refractivity contribution in [2.75, 3.05) is 6.61 Å². The van der Waals surface area contributed by atoms with E-state index in [9.17, 15) is 13.2 Å². The van der Waals surface area contributed by atoms with Gasteiger partial charge in [0.15, 0.2) is 5.90 Å². The van der Waals surface area contributed by atoms with Crippen molar-refractivity contribution in [3.05, 3.63) is 72.3 Å². The molecule has 0 unspecified atom stereocenters. The van der Waals surface area contributed by atoms with Gasteiger partial charge in [-0.25, -0.2) is 4.99 Å². The van der Waals surface area contributed by atoms with Crippen LogP contribution in [0.3, 0.4) is 0 Å². The maximum Gasteiger partial charge on any atom is 0.416 e. The predicted octanol–water partition coefficient (Wildman–Crippen LogP) is 6.30. The number of hydrogen-bond donors (Lipinski definition) is 0. The largest absolute Gasteiger partial charge is 0.479 e. The van der Waals surface area contributed by atoms with Gasteiger partial charge in [0.25, 0.3) is 0 Å². The molecule has 0 saturated heterocycles. The number of nitrogens with zero attached hydrogens (tertiary/aromatic N) is 2. The molecule has 2 heterocycles. The lowest BCUT2D eigenvalue weighted by Crippen LogP contribution is -2.15. The molecule has 0 amide bonds. The van der Waals surface area contributed by atoms with Gasteiger partial charge in [-0.05, 0) is 41.5 Å². The van der Waals surface area contributed by atoms with E-state index in [4.69, 9.17) is 4.74 Å². The molecule has 0 bridgehead atoms. The Balaban J connectivity index is 1.60. The third-order valence-corrected chi connectivity index (χ3v) is 5.56. The zero-order chi connectivity index (χ0) is 20.9. The summed E-state index contributed by atoms with van der Waals surface area (Å²) in [4.78, 5) is 4.55. The minimum absolute atomic E-state index is 0.0681. The summed E-state index contributed by atoms with van der Waals surface area (Å²) in [6.07, 6.45) is -4.33. The molecule has 4 aromatic rings. The van der Waals surface area contributed by atoms with Crippen LogP contribution in [0.15, 0.2) is 71.7 Å². The number of alkyl halides is 3. The molecule has 0 spiro atoms. The van der Waals surface area contributed by atoms with E-state index in [1.807, 2.05) is 31.2 Å². The second kappa shape index (κ2) is 6.90. The third kappa shape index (κ3) is 3.22. The number of fused-ring (bicyclic) bond motifs is 3. The van der Waals surface area contributed by atoms with Crippen molar-refractivity contribution in [1.29, 1.82) is 0 Å². The monoisotopic (exact) mass is 408 g/mol. The Bertz CT molecular complexity index is 1270. The summed E-state index contributed by atoms with van der Waals surface area (Å²) in [7, 11) is 0. The quantitative estimate of drug-likeness (QED) is 0.391. The summed E-state index contributed by atoms with van der Waals surface area (Å²) in [5.74, 6) is 0.713. The molecule has 0 saturated carbocycles. The van der Waals surface area contributed by atoms with Crippen LogP contribution in [0.4, 0.5) is 13.2 Å². The van der Waals surface area contributed by atoms with Crippen LogP contribution in [0.1, 0.15) is 12.5 Å². The fourth-order valence-corrected chi connectivity index (χ4v) is 4.13. The molecule has 1 aromatic heterocycles. The first-order valence-corrected chi connectivity index (χ1v) is 9.76. The molecule has 0 radical (unpaired) electrons. The first-order valence-electron chi connectivity index (χ1n) is 9.76. The highest BCUT2D eigenvalue weighted by Gasteiger charge is 2.30. The molecule has 3 nitrogen and oxygen atoms in total. The fourth-order valence-electron chi connectivity index (χ4n) is 4.13. The normalized spacial score (nSPS) is 16.8. The summed E-state index contributed by atoms with van der Waals surface area (Å²) in [6, 6.07) is 19.6. The van der Waals surface area contributed by atoms with E-state index >= 15 is 0 Å². The lowest BCUT2D eigenvalue weighted by molar-refractivity contribution is -0.137. The Hall–Kier alpha value is -3.28. The molecule has 6 heteroatoms. The number of benzene rings is 3. The Morgan fingerprint density at radius 1 is 0.933 bits per heavy atom. The predicted molar refractivity (Wildman–Crippen MR) is 113 cm³/mol. The molecule has 1 aliphatic rings. The molecule has 0 aliphatic carbocycles. The fraction of sp³-hybridized carbons (Fsp3) is 0.208. The van der Waals surface area contributed by atoms with Crippen molar-refractivity contribution >= 4 is 27.7 Å². The highest BCUT2D eigenvalue weighted by atomic mass is 19.4. The molecule has 30 heavy (non-hydrogen) atoms. The third-order valence-electron chi connectivity index (χ3n) is 5.56. The average Bonchev–Trinajstić information content (AvgIpc) is 3.29. The van der Waals surface area contributed by atoms with Crippen LogP contribution in [0.5, 0.6) is 0 Å². The molecule has 1 aliphatic heterocycles. The summed E-state index contributed by atoms with van der Waals surface area (Å²) >= 11 is 0. The maximum absolute atomic E-state index is 12.9. The first-order chi connectivity index (χ1) is 14.4. The summed E-state index contributed by atoms with van der Waals surface area (Å²) in [5, 5.41) is 2.18. The van der Waals surface area contributed by atoms with Gasteiger partial charge in [-0.1, -0.05) is 36.4 Å². The summed E-state index contributed by atoms with van der Waals surface area (Å²) in [5.41, 5.74) is 3.19. The van der Waals surface area contributed by atoms with Gasteiger partial charge in [0.2, 0.25) is 0 Å². The number of ether oxygens (including phenoxy) is 1. The van der Waals surface area contributed by atoms with E-state index in [0.29, 0.717) is 19.0 Å². The molecule has 5 rings (SSSR count). The zero-order valence-electron chi connectivity index (χ0n) is 16.3. The number of aliphatic imine (C=N–C) groups is 1. The number of hydrogen-bond acceptors (Lipinski definition) is 2. The second-order valence-corrected chi connectivity index (χ2v) is 7.55. The van der Waals surface area contributed by atoms with Crippen molar-refractivity contribution in [1.82, 2.24) is 4.57 Å². The van der Waals surface area contributed by atoms with Gasteiger partial charge in [-0.2, -0.15) is 13.2 Å². The second-order valence-electron chi connectivity index (χ2n) is 7.55. The maximum atomic E-state index is 12.9. The van der Waals surface area contributed by atoms with Crippen molar-refractivity contribution in [3.63, 3.8) is 0 Å². The van der Waals surface area contributed by atoms with Gasteiger partial charge in [0.05, 0.1) is 5.56 Å². The van der Waals surface area contributed by atoms with Crippen molar-refractivity contribution in [3.8, 4) is 11.1 Å². The number of aromatic nitrogens is 1. The van der Waals surface area contributed by atoms with E-state index in [2.05, 4.69) is 27.8 Å². The lowest BCUT2D eigenvalue weighted by atomic mass is 10.0. The zero-order valence-corrected chi connectivity index (χ0v) is 16.3. The number of rotatable bonds is 3. The lowest BCUT2D eigenvalue weighted by Gasteiger charge is -2.11. The van der Waals surface area contributed by atoms with Gasteiger partial charge < -0.3 is 9.30 Å².